The van der Waals surface area contributed by atoms with Gasteiger partial charge in [0.05, 0.1) is 10.2 Å². The Morgan fingerprint density at radius 2 is 1.20 bits per heavy atom. The van der Waals surface area contributed by atoms with Crippen LogP contribution >= 0.6 is 31.6 Å². The predicted octanol–water partition coefficient (Wildman–Crippen LogP) is 1.27. The summed E-state index contributed by atoms with van der Waals surface area (Å²) in [5, 5.41) is 0. The number of hydrogen-bond acceptors (Lipinski definition) is 1. The standard InChI is InChI=1S/Al.Cl2S.Li/c;1-3-2;. The van der Waals surface area contributed by atoms with Crippen molar-refractivity contribution in [1.82, 2.24) is 0 Å². The van der Waals surface area contributed by atoms with Crippen molar-refractivity contribution in [2.45, 2.75) is 0 Å². The van der Waals surface area contributed by atoms with E-state index in [4.69, 9.17) is 0 Å². The zero-order chi connectivity index (χ0) is 2.71. The molecule has 24 valence electrons. The largest absolute Gasteiger partial charge is 0.0523 e. The van der Waals surface area contributed by atoms with Gasteiger partial charge in [0.2, 0.25) is 0 Å². The van der Waals surface area contributed by atoms with E-state index in [1.807, 2.05) is 0 Å². The second kappa shape index (κ2) is 16.6. The van der Waals surface area contributed by atoms with E-state index in [2.05, 4.69) is 21.4 Å². The van der Waals surface area contributed by atoms with Crippen LogP contribution in [0.15, 0.2) is 0 Å². The van der Waals surface area contributed by atoms with Gasteiger partial charge in [-0.2, -0.15) is 0 Å². The first kappa shape index (κ1) is 15.7. The monoisotopic (exact) mass is 136 g/mol. The van der Waals surface area contributed by atoms with E-state index in [0.29, 0.717) is 10.2 Å². The molecule has 0 aliphatic carbocycles. The van der Waals surface area contributed by atoms with E-state index in [0.717, 1.165) is 0 Å². The van der Waals surface area contributed by atoms with Crippen LogP contribution in [0.1, 0.15) is 0 Å². The molecule has 0 unspecified atom stereocenters. The van der Waals surface area contributed by atoms with E-state index < -0.39 is 0 Å². The zero-order valence-electron chi connectivity index (χ0n) is 2.74. The van der Waals surface area contributed by atoms with Gasteiger partial charge in [0, 0.05) is 36.2 Å². The first-order chi connectivity index (χ1) is 1.41. The van der Waals surface area contributed by atoms with Gasteiger partial charge >= 0.3 is 0 Å². The summed E-state index contributed by atoms with van der Waals surface area (Å²) in [5.74, 6) is 0. The van der Waals surface area contributed by atoms with Crippen LogP contribution in [0.2, 0.25) is 0 Å². The average Bonchev–Trinajstić information content (AvgIpc) is 0.918. The molecule has 4 radical (unpaired) electrons. The minimum Gasteiger partial charge on any atom is -0.0261 e. The molecule has 0 aliphatic heterocycles. The van der Waals surface area contributed by atoms with Gasteiger partial charge in [-0.15, -0.1) is 0 Å². The fourth-order valence-electron chi connectivity index (χ4n) is 0. The molecule has 0 aromatic carbocycles. The second-order valence-corrected chi connectivity index (χ2v) is 1.57. The molecule has 0 amide bonds. The Kier molecular flexibility index (Phi) is 52.1. The third-order valence-corrected chi connectivity index (χ3v) is 0. The average molecular weight is 137 g/mol. The van der Waals surface area contributed by atoms with Crippen molar-refractivity contribution < 1.29 is 0 Å². The Morgan fingerprint density at radius 3 is 1.20 bits per heavy atom. The fraction of sp³-hybridized carbons (Fsp3) is 0. The molecule has 0 saturated carbocycles. The summed E-state index contributed by atoms with van der Waals surface area (Å²) >= 11 is 0. The molecule has 0 rings (SSSR count). The molecule has 0 heterocycles. The topological polar surface area (TPSA) is 0 Å². The van der Waals surface area contributed by atoms with Gasteiger partial charge < -0.3 is 0 Å². The Labute approximate surface area is 67.3 Å². The van der Waals surface area contributed by atoms with Crippen molar-refractivity contribution in [1.29, 1.82) is 0 Å². The molecule has 0 aromatic rings. The van der Waals surface area contributed by atoms with E-state index in [1.54, 1.807) is 0 Å². The molecular weight excluding hydrogens is 137 g/mol. The quantitative estimate of drug-likeness (QED) is 0.453. The van der Waals surface area contributed by atoms with Crippen molar-refractivity contribution >= 4 is 67.8 Å². The first-order valence-electron chi connectivity index (χ1n) is 0.309. The summed E-state index contributed by atoms with van der Waals surface area (Å²) in [6, 6.07) is 0. The van der Waals surface area contributed by atoms with Crippen LogP contribution < -0.4 is 0 Å². The van der Waals surface area contributed by atoms with Crippen LogP contribution in [0.25, 0.3) is 0 Å². The molecule has 0 fully saturated rings. The van der Waals surface area contributed by atoms with Gasteiger partial charge in [0.25, 0.3) is 0 Å². The Morgan fingerprint density at radius 1 is 1.20 bits per heavy atom. The summed E-state index contributed by atoms with van der Waals surface area (Å²) in [4.78, 5) is 0. The zero-order valence-corrected chi connectivity index (χ0v) is 6.22. The Balaban J connectivity index is -0.0000000200. The van der Waals surface area contributed by atoms with Crippen molar-refractivity contribution in [3.05, 3.63) is 0 Å². The molecule has 5 heteroatoms. The number of halogens is 2. The van der Waals surface area contributed by atoms with Crippen LogP contribution in [0.3, 0.4) is 0 Å². The third kappa shape index (κ3) is 23.5. The van der Waals surface area contributed by atoms with E-state index in [1.165, 1.54) is 0 Å². The first-order valence-corrected chi connectivity index (χ1v) is 2.78. The Bertz CT molecular complexity index is 9.61. The SMILES string of the molecule is ClSCl.[Al].[Li]. The minimum absolute atomic E-state index is 0. The summed E-state index contributed by atoms with van der Waals surface area (Å²) in [6.45, 7) is 0. The normalized spacial score (nSPS) is 3.60. The van der Waals surface area contributed by atoms with Gasteiger partial charge in [-0.05, 0) is 21.4 Å². The molecule has 0 N–H and O–H groups in total. The van der Waals surface area contributed by atoms with Gasteiger partial charge in [-0.25, -0.2) is 0 Å². The van der Waals surface area contributed by atoms with Crippen molar-refractivity contribution in [3.63, 3.8) is 0 Å². The van der Waals surface area contributed by atoms with Gasteiger partial charge in [0.1, 0.15) is 0 Å². The van der Waals surface area contributed by atoms with Crippen LogP contribution in [-0.4, -0.2) is 36.2 Å². The van der Waals surface area contributed by atoms with Crippen molar-refractivity contribution in [2.75, 3.05) is 0 Å². The van der Waals surface area contributed by atoms with E-state index >= 15 is 0 Å². The molecule has 0 bridgehead atoms. The van der Waals surface area contributed by atoms with Gasteiger partial charge in [0.15, 0.2) is 0 Å². The van der Waals surface area contributed by atoms with E-state index in [9.17, 15) is 0 Å². The molecule has 0 aromatic heterocycles. The molecule has 0 nitrogen and oxygen atoms in total. The molecular formula is AlCl2LiS. The Hall–Kier alpha value is 2.06. The molecule has 0 spiro atoms. The number of rotatable bonds is 0. The van der Waals surface area contributed by atoms with Crippen LogP contribution in [-0.2, 0) is 0 Å². The second-order valence-electron chi connectivity index (χ2n) is 0.0583. The third-order valence-electron chi connectivity index (χ3n) is 0. The summed E-state index contributed by atoms with van der Waals surface area (Å²) in [5.41, 5.74) is 0. The summed E-state index contributed by atoms with van der Waals surface area (Å²) in [7, 11) is 10.1. The maximum absolute atomic E-state index is 4.68. The van der Waals surface area contributed by atoms with Crippen molar-refractivity contribution in [3.8, 4) is 0 Å². The van der Waals surface area contributed by atoms with Gasteiger partial charge in [-0.3, -0.25) is 0 Å². The maximum atomic E-state index is 4.68. The summed E-state index contributed by atoms with van der Waals surface area (Å²) in [6.07, 6.45) is 0. The maximum Gasteiger partial charge on any atom is 0.0523 e. The summed E-state index contributed by atoms with van der Waals surface area (Å²) < 4.78 is 0. The van der Waals surface area contributed by atoms with Crippen molar-refractivity contribution in [2.24, 2.45) is 0 Å². The molecule has 5 heavy (non-hydrogen) atoms. The predicted molar refractivity (Wildman–Crippen MR) is 30.8 cm³/mol. The molecule has 0 atom stereocenters. The molecule has 0 aliphatic rings. The van der Waals surface area contributed by atoms with Crippen LogP contribution in [0.4, 0.5) is 0 Å². The van der Waals surface area contributed by atoms with Gasteiger partial charge in [-0.1, -0.05) is 0 Å². The minimum atomic E-state index is 0. The fourth-order valence-corrected chi connectivity index (χ4v) is 0. The van der Waals surface area contributed by atoms with Crippen LogP contribution in [0.5, 0.6) is 0 Å². The van der Waals surface area contributed by atoms with E-state index in [-0.39, 0.29) is 36.2 Å². The molecule has 0 saturated heterocycles. The smallest absolute Gasteiger partial charge is 0.0261 e. The van der Waals surface area contributed by atoms with Crippen LogP contribution in [0, 0.1) is 0 Å². The number of hydrogen-bond donors (Lipinski definition) is 0.